The smallest absolute Gasteiger partial charge is 0.262 e. The van der Waals surface area contributed by atoms with Crippen LogP contribution in [-0.4, -0.2) is 29.0 Å². The van der Waals surface area contributed by atoms with Crippen molar-refractivity contribution in [1.29, 1.82) is 0 Å². The standard InChI is InChI=1S/C23H18N2O3S2/c26-20(16-7-3-1-4-8-16)15-29-23-25-19-12-11-17(13-21(19)30-23)24-22(27)14-28-18-9-5-2-6-10-18/h1-13H,14-15H2,(H,24,27). The van der Waals surface area contributed by atoms with Gasteiger partial charge >= 0.3 is 0 Å². The molecule has 0 aliphatic heterocycles. The number of amides is 1. The van der Waals surface area contributed by atoms with Crippen molar-refractivity contribution in [3.8, 4) is 5.75 Å². The number of nitrogens with one attached hydrogen (secondary N) is 1. The van der Waals surface area contributed by atoms with E-state index in [0.717, 1.165) is 14.6 Å². The highest BCUT2D eigenvalue weighted by Gasteiger charge is 2.11. The summed E-state index contributed by atoms with van der Waals surface area (Å²) in [4.78, 5) is 29.0. The molecule has 0 bridgehead atoms. The lowest BCUT2D eigenvalue weighted by Gasteiger charge is -2.07. The molecule has 7 heteroatoms. The van der Waals surface area contributed by atoms with E-state index in [-0.39, 0.29) is 18.3 Å². The number of anilines is 1. The summed E-state index contributed by atoms with van der Waals surface area (Å²) >= 11 is 2.93. The van der Waals surface area contributed by atoms with Gasteiger partial charge in [0.1, 0.15) is 5.75 Å². The van der Waals surface area contributed by atoms with Crippen LogP contribution in [0.4, 0.5) is 5.69 Å². The number of hydrogen-bond acceptors (Lipinski definition) is 6. The molecule has 0 saturated heterocycles. The Balaban J connectivity index is 1.35. The fourth-order valence-electron chi connectivity index (χ4n) is 2.74. The molecule has 1 heterocycles. The van der Waals surface area contributed by atoms with Crippen LogP contribution in [-0.2, 0) is 4.79 Å². The number of carbonyl (C=O) groups excluding carboxylic acids is 2. The molecule has 5 nitrogen and oxygen atoms in total. The minimum Gasteiger partial charge on any atom is -0.484 e. The van der Waals surface area contributed by atoms with Crippen molar-refractivity contribution >= 4 is 50.7 Å². The van der Waals surface area contributed by atoms with Crippen LogP contribution in [0.2, 0.25) is 0 Å². The van der Waals surface area contributed by atoms with Gasteiger partial charge in [-0.2, -0.15) is 0 Å². The van der Waals surface area contributed by atoms with E-state index in [1.54, 1.807) is 12.1 Å². The summed E-state index contributed by atoms with van der Waals surface area (Å²) in [6.07, 6.45) is 0. The summed E-state index contributed by atoms with van der Waals surface area (Å²) in [5.41, 5.74) is 2.23. The van der Waals surface area contributed by atoms with Gasteiger partial charge < -0.3 is 10.1 Å². The largest absolute Gasteiger partial charge is 0.484 e. The first-order valence-electron chi connectivity index (χ1n) is 9.27. The normalized spacial score (nSPS) is 10.7. The van der Waals surface area contributed by atoms with Crippen molar-refractivity contribution in [3.05, 3.63) is 84.4 Å². The fraction of sp³-hybridized carbons (Fsp3) is 0.0870. The average Bonchev–Trinajstić information content (AvgIpc) is 3.19. The Morgan fingerprint density at radius 2 is 1.70 bits per heavy atom. The number of para-hydroxylation sites is 1. The Bertz CT molecular complexity index is 1160. The lowest BCUT2D eigenvalue weighted by atomic mass is 10.2. The molecule has 0 radical (unpaired) electrons. The topological polar surface area (TPSA) is 68.3 Å². The fourth-order valence-corrected chi connectivity index (χ4v) is 4.74. The molecule has 0 aliphatic rings. The van der Waals surface area contributed by atoms with Crippen molar-refractivity contribution in [2.45, 2.75) is 4.34 Å². The third-order valence-electron chi connectivity index (χ3n) is 4.19. The van der Waals surface area contributed by atoms with E-state index in [1.165, 1.54) is 23.1 Å². The average molecular weight is 435 g/mol. The lowest BCUT2D eigenvalue weighted by Crippen LogP contribution is -2.20. The first kappa shape index (κ1) is 20.1. The van der Waals surface area contributed by atoms with Gasteiger partial charge in [-0.25, -0.2) is 4.98 Å². The first-order valence-corrected chi connectivity index (χ1v) is 11.1. The minimum absolute atomic E-state index is 0.0621. The van der Waals surface area contributed by atoms with Crippen molar-refractivity contribution in [2.24, 2.45) is 0 Å². The number of aromatic nitrogens is 1. The number of thioether (sulfide) groups is 1. The number of carbonyl (C=O) groups is 2. The Labute approximate surface area is 182 Å². The van der Waals surface area contributed by atoms with Crippen LogP contribution in [0.15, 0.2) is 83.2 Å². The predicted octanol–water partition coefficient (Wildman–Crippen LogP) is 5.29. The van der Waals surface area contributed by atoms with Crippen molar-refractivity contribution in [3.63, 3.8) is 0 Å². The number of thiazole rings is 1. The Kier molecular flexibility index (Phi) is 6.41. The number of hydrogen-bond donors (Lipinski definition) is 1. The number of benzene rings is 3. The lowest BCUT2D eigenvalue weighted by molar-refractivity contribution is -0.118. The van der Waals surface area contributed by atoms with E-state index in [0.29, 0.717) is 22.8 Å². The number of Topliss-reactive ketones (excluding diaryl/α,β-unsaturated/α-hetero) is 1. The van der Waals surface area contributed by atoms with Crippen LogP contribution in [0.25, 0.3) is 10.2 Å². The maximum Gasteiger partial charge on any atom is 0.262 e. The second kappa shape index (κ2) is 9.56. The summed E-state index contributed by atoms with van der Waals surface area (Å²) in [5.74, 6) is 0.832. The second-order valence-corrected chi connectivity index (χ2v) is 8.64. The van der Waals surface area contributed by atoms with Crippen molar-refractivity contribution in [2.75, 3.05) is 17.7 Å². The van der Waals surface area contributed by atoms with Crippen molar-refractivity contribution in [1.82, 2.24) is 4.98 Å². The van der Waals surface area contributed by atoms with Crippen LogP contribution in [0.1, 0.15) is 10.4 Å². The van der Waals surface area contributed by atoms with E-state index >= 15 is 0 Å². The van der Waals surface area contributed by atoms with E-state index in [1.807, 2.05) is 66.7 Å². The number of nitrogens with zero attached hydrogens (tertiary/aromatic N) is 1. The highest BCUT2D eigenvalue weighted by Crippen LogP contribution is 2.31. The molecule has 1 N–H and O–H groups in total. The molecule has 0 unspecified atom stereocenters. The molecule has 4 rings (SSSR count). The molecular formula is C23H18N2O3S2. The molecule has 0 fully saturated rings. The summed E-state index contributed by atoms with van der Waals surface area (Å²) in [7, 11) is 0. The SMILES string of the molecule is O=C(COc1ccccc1)Nc1ccc2nc(SCC(=O)c3ccccc3)sc2c1. The zero-order valence-electron chi connectivity index (χ0n) is 15.9. The number of ether oxygens (including phenoxy) is 1. The van der Waals surface area contributed by atoms with Gasteiger partial charge in [0.05, 0.1) is 16.0 Å². The van der Waals surface area contributed by atoms with Gasteiger partial charge in [0.15, 0.2) is 16.7 Å². The summed E-state index contributed by atoms with van der Waals surface area (Å²) in [6, 6.07) is 24.0. The monoisotopic (exact) mass is 434 g/mol. The molecule has 3 aromatic carbocycles. The van der Waals surface area contributed by atoms with Gasteiger partial charge in [-0.05, 0) is 30.3 Å². The third-order valence-corrected chi connectivity index (χ3v) is 6.35. The molecule has 0 aliphatic carbocycles. The quantitative estimate of drug-likeness (QED) is 0.301. The van der Waals surface area contributed by atoms with E-state index in [2.05, 4.69) is 10.3 Å². The third kappa shape index (κ3) is 5.25. The molecule has 150 valence electrons. The van der Waals surface area contributed by atoms with E-state index in [9.17, 15) is 9.59 Å². The molecule has 0 spiro atoms. The first-order chi connectivity index (χ1) is 14.7. The molecule has 30 heavy (non-hydrogen) atoms. The summed E-state index contributed by atoms with van der Waals surface area (Å²) in [5, 5.41) is 2.84. The minimum atomic E-state index is -0.231. The molecule has 1 aromatic heterocycles. The highest BCUT2D eigenvalue weighted by molar-refractivity contribution is 8.01. The maximum atomic E-state index is 12.3. The molecule has 1 amide bonds. The van der Waals surface area contributed by atoms with Gasteiger partial charge in [-0.1, -0.05) is 60.3 Å². The number of rotatable bonds is 8. The van der Waals surface area contributed by atoms with Crippen LogP contribution >= 0.6 is 23.1 Å². The van der Waals surface area contributed by atoms with Gasteiger partial charge in [-0.3, -0.25) is 9.59 Å². The van der Waals surface area contributed by atoms with Crippen LogP contribution in [0, 0.1) is 0 Å². The van der Waals surface area contributed by atoms with E-state index in [4.69, 9.17) is 4.74 Å². The Hall–Kier alpha value is -3.16. The maximum absolute atomic E-state index is 12.3. The van der Waals surface area contributed by atoms with Gasteiger partial charge in [0.2, 0.25) is 0 Å². The zero-order valence-corrected chi connectivity index (χ0v) is 17.5. The molecule has 0 atom stereocenters. The molecule has 0 saturated carbocycles. The molecule has 4 aromatic rings. The summed E-state index contributed by atoms with van der Waals surface area (Å²) in [6.45, 7) is -0.0621. The van der Waals surface area contributed by atoms with Crippen LogP contribution in [0.5, 0.6) is 5.75 Å². The zero-order chi connectivity index (χ0) is 20.8. The van der Waals surface area contributed by atoms with Crippen LogP contribution in [0.3, 0.4) is 0 Å². The van der Waals surface area contributed by atoms with E-state index < -0.39 is 0 Å². The van der Waals surface area contributed by atoms with Gasteiger partial charge in [0.25, 0.3) is 5.91 Å². The predicted molar refractivity (Wildman–Crippen MR) is 122 cm³/mol. The number of ketones is 1. The summed E-state index contributed by atoms with van der Waals surface area (Å²) < 4.78 is 7.24. The Morgan fingerprint density at radius 3 is 2.47 bits per heavy atom. The van der Waals surface area contributed by atoms with Crippen molar-refractivity contribution < 1.29 is 14.3 Å². The second-order valence-electron chi connectivity index (χ2n) is 6.39. The van der Waals surface area contributed by atoms with Gasteiger partial charge in [0, 0.05) is 11.3 Å². The Morgan fingerprint density at radius 1 is 0.967 bits per heavy atom. The number of fused-ring (bicyclic) bond motifs is 1. The molecular weight excluding hydrogens is 416 g/mol. The van der Waals surface area contributed by atoms with Crippen LogP contribution < -0.4 is 10.1 Å². The van der Waals surface area contributed by atoms with Gasteiger partial charge in [-0.15, -0.1) is 11.3 Å². The highest BCUT2D eigenvalue weighted by atomic mass is 32.2.